The number of aromatic nitrogens is 2. The zero-order valence-electron chi connectivity index (χ0n) is 10.5. The van der Waals surface area contributed by atoms with Crippen LogP contribution in [-0.4, -0.2) is 20.9 Å². The Morgan fingerprint density at radius 2 is 2.44 bits per heavy atom. The van der Waals surface area contributed by atoms with Gasteiger partial charge in [0.05, 0.1) is 5.69 Å². The van der Waals surface area contributed by atoms with Crippen molar-refractivity contribution in [3.8, 4) is 0 Å². The van der Waals surface area contributed by atoms with E-state index in [1.807, 2.05) is 0 Å². The summed E-state index contributed by atoms with van der Waals surface area (Å²) < 4.78 is 2.10. The molecule has 1 saturated heterocycles. The molecule has 0 spiro atoms. The summed E-state index contributed by atoms with van der Waals surface area (Å²) in [6, 6.07) is 4.15. The van der Waals surface area contributed by atoms with Crippen LogP contribution in [-0.2, 0) is 13.0 Å². The van der Waals surface area contributed by atoms with Crippen molar-refractivity contribution in [2.45, 2.75) is 25.8 Å². The molecule has 1 aliphatic heterocycles. The highest BCUT2D eigenvalue weighted by Gasteiger charge is 2.15. The molecular formula is C14H19N3S. The Balaban J connectivity index is 1.79. The standard InChI is InChI=1S/C14H19N3S/c15-8-11-3-4-17-9-13(16-14(17)7-11)6-12-2-1-5-18-10-12/h3-4,7,9,12H,1-2,5-6,8,10,15H2. The third-order valence-corrected chi connectivity index (χ3v) is 4.85. The van der Waals surface area contributed by atoms with Gasteiger partial charge in [0.15, 0.2) is 0 Å². The van der Waals surface area contributed by atoms with Gasteiger partial charge >= 0.3 is 0 Å². The molecule has 0 amide bonds. The summed E-state index contributed by atoms with van der Waals surface area (Å²) in [6.45, 7) is 0.581. The van der Waals surface area contributed by atoms with Crippen LogP contribution in [0.25, 0.3) is 5.65 Å². The lowest BCUT2D eigenvalue weighted by Crippen LogP contribution is -2.13. The molecular weight excluding hydrogens is 242 g/mol. The normalized spacial score (nSPS) is 20.4. The van der Waals surface area contributed by atoms with E-state index < -0.39 is 0 Å². The highest BCUT2D eigenvalue weighted by Crippen LogP contribution is 2.25. The summed E-state index contributed by atoms with van der Waals surface area (Å²) in [7, 11) is 0. The number of nitrogens with zero attached hydrogens (tertiary/aromatic N) is 2. The first-order valence-electron chi connectivity index (χ1n) is 6.59. The van der Waals surface area contributed by atoms with E-state index in [2.05, 4.69) is 40.7 Å². The summed E-state index contributed by atoms with van der Waals surface area (Å²) in [4.78, 5) is 4.71. The number of rotatable bonds is 3. The largest absolute Gasteiger partial charge is 0.326 e. The second kappa shape index (κ2) is 5.33. The summed E-state index contributed by atoms with van der Waals surface area (Å²) in [5, 5.41) is 0. The molecule has 3 heterocycles. The predicted octanol–water partition coefficient (Wildman–Crippen LogP) is 2.48. The van der Waals surface area contributed by atoms with E-state index in [1.165, 1.54) is 30.0 Å². The Morgan fingerprint density at radius 3 is 3.22 bits per heavy atom. The molecule has 4 heteroatoms. The molecule has 2 N–H and O–H groups in total. The number of pyridine rings is 1. The maximum absolute atomic E-state index is 5.66. The van der Waals surface area contributed by atoms with Crippen LogP contribution in [0.3, 0.4) is 0 Å². The van der Waals surface area contributed by atoms with Gasteiger partial charge in [-0.05, 0) is 54.4 Å². The van der Waals surface area contributed by atoms with Crippen molar-refractivity contribution < 1.29 is 0 Å². The number of thioether (sulfide) groups is 1. The van der Waals surface area contributed by atoms with E-state index in [0.29, 0.717) is 6.54 Å². The van der Waals surface area contributed by atoms with Crippen molar-refractivity contribution in [3.63, 3.8) is 0 Å². The summed E-state index contributed by atoms with van der Waals surface area (Å²) in [5.74, 6) is 3.44. The molecule has 2 aromatic heterocycles. The van der Waals surface area contributed by atoms with Crippen molar-refractivity contribution in [2.75, 3.05) is 11.5 Å². The maximum atomic E-state index is 5.66. The van der Waals surface area contributed by atoms with E-state index in [9.17, 15) is 0 Å². The molecule has 18 heavy (non-hydrogen) atoms. The van der Waals surface area contributed by atoms with Crippen LogP contribution in [0.15, 0.2) is 24.5 Å². The lowest BCUT2D eigenvalue weighted by atomic mass is 10.00. The van der Waals surface area contributed by atoms with Crippen LogP contribution in [0.5, 0.6) is 0 Å². The van der Waals surface area contributed by atoms with Crippen LogP contribution < -0.4 is 5.73 Å². The lowest BCUT2D eigenvalue weighted by molar-refractivity contribution is 0.516. The van der Waals surface area contributed by atoms with Gasteiger partial charge in [-0.25, -0.2) is 4.98 Å². The number of imidazole rings is 1. The van der Waals surface area contributed by atoms with E-state index in [-0.39, 0.29) is 0 Å². The van der Waals surface area contributed by atoms with Gasteiger partial charge in [-0.15, -0.1) is 0 Å². The van der Waals surface area contributed by atoms with Crippen LogP contribution in [0.2, 0.25) is 0 Å². The van der Waals surface area contributed by atoms with E-state index in [1.54, 1.807) is 0 Å². The summed E-state index contributed by atoms with van der Waals surface area (Å²) in [6.07, 6.45) is 8.06. The van der Waals surface area contributed by atoms with E-state index >= 15 is 0 Å². The Morgan fingerprint density at radius 1 is 1.50 bits per heavy atom. The topological polar surface area (TPSA) is 43.3 Å². The first-order valence-corrected chi connectivity index (χ1v) is 7.75. The van der Waals surface area contributed by atoms with Crippen LogP contribution in [0.4, 0.5) is 0 Å². The predicted molar refractivity (Wildman–Crippen MR) is 76.8 cm³/mol. The van der Waals surface area contributed by atoms with Crippen molar-refractivity contribution in [3.05, 3.63) is 35.8 Å². The quantitative estimate of drug-likeness (QED) is 0.923. The third kappa shape index (κ3) is 2.54. The molecule has 3 rings (SSSR count). The number of nitrogens with two attached hydrogens (primary N) is 1. The monoisotopic (exact) mass is 261 g/mol. The van der Waals surface area contributed by atoms with Crippen molar-refractivity contribution in [2.24, 2.45) is 11.7 Å². The molecule has 96 valence electrons. The van der Waals surface area contributed by atoms with Crippen molar-refractivity contribution in [1.29, 1.82) is 0 Å². The average Bonchev–Trinajstić information content (AvgIpc) is 2.80. The molecule has 2 aromatic rings. The van der Waals surface area contributed by atoms with Crippen molar-refractivity contribution in [1.82, 2.24) is 9.38 Å². The van der Waals surface area contributed by atoms with E-state index in [4.69, 9.17) is 10.7 Å². The minimum absolute atomic E-state index is 0.581. The Hall–Kier alpha value is -1.00. The van der Waals surface area contributed by atoms with Gasteiger partial charge in [0, 0.05) is 18.9 Å². The molecule has 1 aliphatic rings. The summed E-state index contributed by atoms with van der Waals surface area (Å²) >= 11 is 2.08. The second-order valence-electron chi connectivity index (χ2n) is 5.02. The highest BCUT2D eigenvalue weighted by atomic mass is 32.2. The van der Waals surface area contributed by atoms with Crippen LogP contribution >= 0.6 is 11.8 Å². The van der Waals surface area contributed by atoms with Gasteiger partial charge in [-0.1, -0.05) is 0 Å². The molecule has 1 fully saturated rings. The van der Waals surface area contributed by atoms with Gasteiger partial charge < -0.3 is 10.1 Å². The smallest absolute Gasteiger partial charge is 0.137 e. The minimum Gasteiger partial charge on any atom is -0.326 e. The number of hydrogen-bond donors (Lipinski definition) is 1. The molecule has 0 aromatic carbocycles. The van der Waals surface area contributed by atoms with Crippen LogP contribution in [0.1, 0.15) is 24.1 Å². The third-order valence-electron chi connectivity index (χ3n) is 3.56. The van der Waals surface area contributed by atoms with Crippen molar-refractivity contribution >= 4 is 17.4 Å². The van der Waals surface area contributed by atoms with Gasteiger partial charge in [-0.2, -0.15) is 11.8 Å². The van der Waals surface area contributed by atoms with Gasteiger partial charge in [-0.3, -0.25) is 0 Å². The maximum Gasteiger partial charge on any atom is 0.137 e. The lowest BCUT2D eigenvalue weighted by Gasteiger charge is -2.19. The molecule has 0 bridgehead atoms. The SMILES string of the molecule is NCc1ccn2cc(CC3CCCSC3)nc2c1. The zero-order chi connectivity index (χ0) is 12.4. The number of fused-ring (bicyclic) bond motifs is 1. The van der Waals surface area contributed by atoms with Gasteiger partial charge in [0.1, 0.15) is 5.65 Å². The van der Waals surface area contributed by atoms with Crippen LogP contribution in [0, 0.1) is 5.92 Å². The summed E-state index contributed by atoms with van der Waals surface area (Å²) in [5.41, 5.74) is 9.05. The Kier molecular flexibility index (Phi) is 3.57. The second-order valence-corrected chi connectivity index (χ2v) is 6.17. The molecule has 0 aliphatic carbocycles. The van der Waals surface area contributed by atoms with Gasteiger partial charge in [0.25, 0.3) is 0 Å². The minimum atomic E-state index is 0.581. The fourth-order valence-corrected chi connectivity index (χ4v) is 3.72. The first-order chi connectivity index (χ1) is 8.85. The average molecular weight is 261 g/mol. The molecule has 3 nitrogen and oxygen atoms in total. The Bertz CT molecular complexity index is 529. The fraction of sp³-hybridized carbons (Fsp3) is 0.500. The number of hydrogen-bond acceptors (Lipinski definition) is 3. The van der Waals surface area contributed by atoms with Gasteiger partial charge in [0.2, 0.25) is 0 Å². The molecule has 1 unspecified atom stereocenters. The van der Waals surface area contributed by atoms with E-state index in [0.717, 1.165) is 23.5 Å². The molecule has 0 radical (unpaired) electrons. The Labute approximate surface area is 112 Å². The fourth-order valence-electron chi connectivity index (χ4n) is 2.57. The molecule has 1 atom stereocenters. The molecule has 0 saturated carbocycles. The first kappa shape index (κ1) is 12.1. The highest BCUT2D eigenvalue weighted by molar-refractivity contribution is 7.99. The zero-order valence-corrected chi connectivity index (χ0v) is 11.3.